The van der Waals surface area contributed by atoms with Crippen molar-refractivity contribution in [3.63, 3.8) is 0 Å². The Morgan fingerprint density at radius 3 is 2.00 bits per heavy atom. The third kappa shape index (κ3) is 8.38. The maximum atomic E-state index is 12.0. The fourth-order valence-electron chi connectivity index (χ4n) is 3.38. The van der Waals surface area contributed by atoms with E-state index in [-0.39, 0.29) is 26.4 Å². The molecule has 1 heterocycles. The number of ether oxygens (including phenoxy) is 6. The summed E-state index contributed by atoms with van der Waals surface area (Å²) in [6.45, 7) is 4.08. The Labute approximate surface area is 226 Å². The fraction of sp³-hybridized carbons (Fsp3) is 0.500. The molecule has 0 bridgehead atoms. The molecular formula is C22H25Cl2NO11S. The van der Waals surface area contributed by atoms with Crippen LogP contribution in [0.4, 0.5) is 0 Å². The molecule has 0 aromatic heterocycles. The maximum Gasteiger partial charge on any atom is 0.303 e. The van der Waals surface area contributed by atoms with Crippen LogP contribution in [0.3, 0.4) is 0 Å². The third-order valence-electron chi connectivity index (χ3n) is 4.74. The topological polar surface area (TPSA) is 156 Å². The molecule has 1 N–H and O–H groups in total. The van der Waals surface area contributed by atoms with Gasteiger partial charge in [0.25, 0.3) is 0 Å². The van der Waals surface area contributed by atoms with E-state index < -0.39 is 60.3 Å². The summed E-state index contributed by atoms with van der Waals surface area (Å²) in [4.78, 5) is 47.2. The summed E-state index contributed by atoms with van der Waals surface area (Å²) >= 11 is 13.1. The predicted octanol–water partition coefficient (Wildman–Crippen LogP) is 2.95. The molecule has 2 rings (SSSR count). The van der Waals surface area contributed by atoms with E-state index in [0.29, 0.717) is 0 Å². The van der Waals surface area contributed by atoms with Gasteiger partial charge < -0.3 is 33.6 Å². The molecule has 0 spiro atoms. The number of carbonyl (C=O) groups excluding carboxylic acids is 4. The Bertz CT molecular complexity index is 1070. The fourth-order valence-corrected chi connectivity index (χ4v) is 5.10. The number of rotatable bonds is 8. The lowest BCUT2D eigenvalue weighted by molar-refractivity contribution is -0.237. The molecule has 0 amide bonds. The SMILES string of the molecule is COc1cc(C(=NO)S[C@@H]2O[C@H](COC(C)=O)[C@@H](OC(C)=O)[C@H](OC(C)=O)[C@H]2OC(C)=O)c(Cl)cc1Cl. The van der Waals surface area contributed by atoms with Gasteiger partial charge in [0.2, 0.25) is 0 Å². The van der Waals surface area contributed by atoms with Crippen molar-refractivity contribution >= 4 is 63.9 Å². The Hall–Kier alpha value is -2.74. The number of esters is 4. The molecule has 1 aromatic carbocycles. The van der Waals surface area contributed by atoms with E-state index in [2.05, 4.69) is 5.16 Å². The minimum absolute atomic E-state index is 0.0942. The second-order valence-electron chi connectivity index (χ2n) is 7.56. The molecular weight excluding hydrogens is 557 g/mol. The van der Waals surface area contributed by atoms with Crippen LogP contribution in [0.25, 0.3) is 0 Å². The van der Waals surface area contributed by atoms with E-state index in [1.54, 1.807) is 0 Å². The molecule has 37 heavy (non-hydrogen) atoms. The largest absolute Gasteiger partial charge is 0.495 e. The van der Waals surface area contributed by atoms with Crippen molar-refractivity contribution in [3.05, 3.63) is 27.7 Å². The molecule has 0 aliphatic carbocycles. The molecule has 5 atom stereocenters. The van der Waals surface area contributed by atoms with Crippen LogP contribution in [0.2, 0.25) is 10.0 Å². The van der Waals surface area contributed by atoms with Crippen LogP contribution >= 0.6 is 35.0 Å². The van der Waals surface area contributed by atoms with Crippen LogP contribution in [-0.2, 0) is 42.9 Å². The highest BCUT2D eigenvalue weighted by Crippen LogP contribution is 2.39. The minimum Gasteiger partial charge on any atom is -0.495 e. The first-order chi connectivity index (χ1) is 17.4. The average Bonchev–Trinajstić information content (AvgIpc) is 2.79. The first-order valence-electron chi connectivity index (χ1n) is 10.6. The average molecular weight is 582 g/mol. The predicted molar refractivity (Wildman–Crippen MR) is 131 cm³/mol. The highest BCUT2D eigenvalue weighted by Gasteiger charge is 2.53. The first kappa shape index (κ1) is 30.5. The zero-order chi connectivity index (χ0) is 27.9. The Morgan fingerprint density at radius 2 is 1.49 bits per heavy atom. The summed E-state index contributed by atoms with van der Waals surface area (Å²) in [5.41, 5.74) is -1.05. The number of halogens is 2. The van der Waals surface area contributed by atoms with Gasteiger partial charge in [-0.2, -0.15) is 0 Å². The quantitative estimate of drug-likeness (QED) is 0.120. The van der Waals surface area contributed by atoms with E-state index in [0.717, 1.165) is 39.5 Å². The molecule has 12 nitrogen and oxygen atoms in total. The summed E-state index contributed by atoms with van der Waals surface area (Å²) in [6.07, 6.45) is -5.24. The molecule has 1 saturated heterocycles. The van der Waals surface area contributed by atoms with Gasteiger partial charge in [-0.25, -0.2) is 0 Å². The van der Waals surface area contributed by atoms with Gasteiger partial charge in [-0.05, 0) is 12.1 Å². The standard InChI is InChI=1S/C22H25Cl2NO11S/c1-9(26)32-8-17-18(33-10(2)27)19(34-11(3)28)20(35-12(4)29)22(36-17)37-21(25-30)13-6-16(31-5)15(24)7-14(13)23/h6-7,17-20,22,30H,8H2,1-5H3/t17-,18-,19+,20-,22+/m1/s1. The maximum absolute atomic E-state index is 12.0. The number of hydrogen-bond donors (Lipinski definition) is 1. The van der Waals surface area contributed by atoms with Gasteiger partial charge in [0.1, 0.15) is 23.5 Å². The van der Waals surface area contributed by atoms with Crippen molar-refractivity contribution in [2.45, 2.75) is 57.5 Å². The molecule has 0 saturated carbocycles. The summed E-state index contributed by atoms with van der Waals surface area (Å²) in [6, 6.07) is 2.79. The van der Waals surface area contributed by atoms with Gasteiger partial charge in [-0.3, -0.25) is 19.2 Å². The summed E-state index contributed by atoms with van der Waals surface area (Å²) in [7, 11) is 1.38. The Balaban J connectivity index is 2.56. The van der Waals surface area contributed by atoms with Crippen molar-refractivity contribution in [3.8, 4) is 5.75 Å². The smallest absolute Gasteiger partial charge is 0.303 e. The van der Waals surface area contributed by atoms with Crippen LogP contribution in [0.5, 0.6) is 5.75 Å². The van der Waals surface area contributed by atoms with Crippen molar-refractivity contribution in [1.29, 1.82) is 0 Å². The number of benzene rings is 1. The van der Waals surface area contributed by atoms with Gasteiger partial charge in [0.05, 0.1) is 17.2 Å². The molecule has 1 aliphatic rings. The molecule has 1 aliphatic heterocycles. The van der Waals surface area contributed by atoms with Crippen LogP contribution in [0.1, 0.15) is 33.3 Å². The van der Waals surface area contributed by atoms with Gasteiger partial charge in [0, 0.05) is 33.3 Å². The van der Waals surface area contributed by atoms with Gasteiger partial charge in [-0.15, -0.1) is 0 Å². The number of nitrogens with zero attached hydrogens (tertiary/aromatic N) is 1. The van der Waals surface area contributed by atoms with Crippen LogP contribution in [-0.4, -0.2) is 77.7 Å². The number of methoxy groups -OCH3 is 1. The van der Waals surface area contributed by atoms with E-state index in [1.807, 2.05) is 0 Å². The normalized spacial score (nSPS) is 23.5. The number of hydrogen-bond acceptors (Lipinski definition) is 13. The van der Waals surface area contributed by atoms with E-state index in [1.165, 1.54) is 19.2 Å². The van der Waals surface area contributed by atoms with Crippen molar-refractivity contribution in [2.24, 2.45) is 5.16 Å². The highest BCUT2D eigenvalue weighted by molar-refractivity contribution is 8.14. The summed E-state index contributed by atoms with van der Waals surface area (Å²) < 4.78 is 32.3. The van der Waals surface area contributed by atoms with Gasteiger partial charge >= 0.3 is 23.9 Å². The Kier molecular flexibility index (Phi) is 11.3. The molecule has 1 aromatic rings. The third-order valence-corrected chi connectivity index (χ3v) is 6.48. The molecule has 204 valence electrons. The summed E-state index contributed by atoms with van der Waals surface area (Å²) in [5.74, 6) is -2.74. The monoisotopic (exact) mass is 581 g/mol. The Morgan fingerprint density at radius 1 is 0.919 bits per heavy atom. The lowest BCUT2D eigenvalue weighted by Crippen LogP contribution is -2.61. The first-order valence-corrected chi connectivity index (χ1v) is 12.2. The highest BCUT2D eigenvalue weighted by atomic mass is 35.5. The number of thioether (sulfide) groups is 1. The van der Waals surface area contributed by atoms with Crippen LogP contribution in [0, 0.1) is 0 Å². The zero-order valence-corrected chi connectivity index (χ0v) is 22.7. The zero-order valence-electron chi connectivity index (χ0n) is 20.4. The molecule has 0 radical (unpaired) electrons. The van der Waals surface area contributed by atoms with Gasteiger partial charge in [-0.1, -0.05) is 40.1 Å². The lowest BCUT2D eigenvalue weighted by Gasteiger charge is -2.44. The van der Waals surface area contributed by atoms with E-state index in [4.69, 9.17) is 51.6 Å². The van der Waals surface area contributed by atoms with Crippen molar-refractivity contribution in [1.82, 2.24) is 0 Å². The van der Waals surface area contributed by atoms with Crippen LogP contribution < -0.4 is 4.74 Å². The lowest BCUT2D eigenvalue weighted by atomic mass is 9.99. The van der Waals surface area contributed by atoms with E-state index >= 15 is 0 Å². The van der Waals surface area contributed by atoms with E-state index in [9.17, 15) is 24.4 Å². The summed E-state index contributed by atoms with van der Waals surface area (Å²) in [5, 5.41) is 13.3. The molecule has 15 heteroatoms. The van der Waals surface area contributed by atoms with Crippen LogP contribution in [0.15, 0.2) is 17.3 Å². The number of carbonyl (C=O) groups is 4. The second-order valence-corrected chi connectivity index (χ2v) is 9.46. The van der Waals surface area contributed by atoms with Gasteiger partial charge in [0.15, 0.2) is 23.7 Å². The molecule has 0 unspecified atom stereocenters. The van der Waals surface area contributed by atoms with Crippen molar-refractivity contribution < 1.29 is 52.8 Å². The second kappa shape index (κ2) is 13.7. The molecule has 1 fully saturated rings. The minimum atomic E-state index is -1.38. The van der Waals surface area contributed by atoms with Crippen molar-refractivity contribution in [2.75, 3.05) is 13.7 Å². The number of oxime groups is 1.